The molecule has 2 heterocycles. The molecule has 3 N–H and O–H groups in total. The minimum absolute atomic E-state index is 0.0136. The predicted molar refractivity (Wildman–Crippen MR) is 93.3 cm³/mol. The molecule has 2 atom stereocenters. The molecular weight excluding hydrogens is 302 g/mol. The van der Waals surface area contributed by atoms with Crippen LogP contribution in [0.25, 0.3) is 0 Å². The second kappa shape index (κ2) is 5.53. The van der Waals surface area contributed by atoms with Gasteiger partial charge in [-0.05, 0) is 48.2 Å². The van der Waals surface area contributed by atoms with Gasteiger partial charge in [0.05, 0.1) is 18.4 Å². The molecule has 0 aliphatic carbocycles. The van der Waals surface area contributed by atoms with Gasteiger partial charge >= 0.3 is 0 Å². The number of anilines is 1. The van der Waals surface area contributed by atoms with Crippen molar-refractivity contribution < 1.29 is 9.53 Å². The van der Waals surface area contributed by atoms with Crippen LogP contribution in [0.2, 0.25) is 0 Å². The quantitative estimate of drug-likeness (QED) is 0.891. The molecule has 24 heavy (non-hydrogen) atoms. The lowest BCUT2D eigenvalue weighted by atomic mass is 9.90. The van der Waals surface area contributed by atoms with E-state index in [2.05, 4.69) is 16.3 Å². The average Bonchev–Trinajstić information content (AvgIpc) is 2.59. The van der Waals surface area contributed by atoms with Crippen LogP contribution >= 0.6 is 0 Å². The van der Waals surface area contributed by atoms with Gasteiger partial charge in [-0.3, -0.25) is 4.79 Å². The Kier molecular flexibility index (Phi) is 3.46. The van der Waals surface area contributed by atoms with Crippen molar-refractivity contribution in [1.82, 2.24) is 5.32 Å². The van der Waals surface area contributed by atoms with Gasteiger partial charge in [-0.25, -0.2) is 0 Å². The van der Waals surface area contributed by atoms with Crippen molar-refractivity contribution >= 4 is 11.6 Å². The smallest absolute Gasteiger partial charge is 0.255 e. The van der Waals surface area contributed by atoms with Crippen LogP contribution in [0.4, 0.5) is 5.69 Å². The summed E-state index contributed by atoms with van der Waals surface area (Å²) in [6, 6.07) is 11.8. The van der Waals surface area contributed by atoms with Gasteiger partial charge in [0.1, 0.15) is 11.9 Å². The number of ether oxygens (including phenoxy) is 1. The number of para-hydroxylation sites is 1. The Morgan fingerprint density at radius 2 is 2.12 bits per heavy atom. The van der Waals surface area contributed by atoms with Gasteiger partial charge in [-0.1, -0.05) is 18.2 Å². The molecule has 2 aromatic rings. The molecule has 0 bridgehead atoms. The second-order valence-corrected chi connectivity index (χ2v) is 6.44. The summed E-state index contributed by atoms with van der Waals surface area (Å²) in [5.74, 6) is 0.804. The molecule has 1 amide bonds. The van der Waals surface area contributed by atoms with E-state index in [1.807, 2.05) is 37.3 Å². The van der Waals surface area contributed by atoms with E-state index in [1.54, 1.807) is 7.11 Å². The van der Waals surface area contributed by atoms with Crippen molar-refractivity contribution in [3.63, 3.8) is 0 Å². The number of methoxy groups -OCH3 is 1. The lowest BCUT2D eigenvalue weighted by Gasteiger charge is -2.44. The van der Waals surface area contributed by atoms with E-state index in [0.29, 0.717) is 5.56 Å². The van der Waals surface area contributed by atoms with E-state index in [-0.39, 0.29) is 18.1 Å². The first kappa shape index (κ1) is 15.0. The zero-order chi connectivity index (χ0) is 16.8. The zero-order valence-electron chi connectivity index (χ0n) is 13.9. The van der Waals surface area contributed by atoms with Crippen molar-refractivity contribution in [2.24, 2.45) is 5.73 Å². The molecule has 2 aliphatic heterocycles. The van der Waals surface area contributed by atoms with Crippen molar-refractivity contribution in [3.8, 4) is 5.75 Å². The summed E-state index contributed by atoms with van der Waals surface area (Å²) < 4.78 is 5.34. The molecular formula is C19H21N3O2. The number of nitrogens with one attached hydrogen (secondary N) is 1. The SMILES string of the molecule is COc1ccc([C@@H]2NC(=O)c3cccc4c3N2CC[C@@H]4N)cc1C. The Morgan fingerprint density at radius 3 is 2.88 bits per heavy atom. The van der Waals surface area contributed by atoms with Crippen LogP contribution < -0.4 is 20.7 Å². The first-order valence-electron chi connectivity index (χ1n) is 8.20. The third kappa shape index (κ3) is 2.16. The molecule has 0 radical (unpaired) electrons. The van der Waals surface area contributed by atoms with Gasteiger partial charge in [0.15, 0.2) is 0 Å². The van der Waals surface area contributed by atoms with Crippen LogP contribution in [0.1, 0.15) is 45.7 Å². The summed E-state index contributed by atoms with van der Waals surface area (Å²) in [7, 11) is 1.67. The van der Waals surface area contributed by atoms with E-state index in [9.17, 15) is 4.79 Å². The average molecular weight is 323 g/mol. The Bertz CT molecular complexity index is 818. The maximum absolute atomic E-state index is 12.6. The molecule has 124 valence electrons. The highest BCUT2D eigenvalue weighted by molar-refractivity contribution is 6.03. The van der Waals surface area contributed by atoms with E-state index in [1.165, 1.54) is 0 Å². The second-order valence-electron chi connectivity index (χ2n) is 6.44. The number of hydrogen-bond donors (Lipinski definition) is 2. The molecule has 0 unspecified atom stereocenters. The maximum atomic E-state index is 12.6. The highest BCUT2D eigenvalue weighted by Crippen LogP contribution is 2.42. The van der Waals surface area contributed by atoms with Crippen LogP contribution in [0.5, 0.6) is 5.75 Å². The number of amides is 1. The molecule has 0 fully saturated rings. The number of nitrogens with zero attached hydrogens (tertiary/aromatic N) is 1. The molecule has 0 saturated heterocycles. The van der Waals surface area contributed by atoms with Gasteiger partial charge in [0.2, 0.25) is 0 Å². The van der Waals surface area contributed by atoms with Gasteiger partial charge in [0.25, 0.3) is 5.91 Å². The van der Waals surface area contributed by atoms with Crippen molar-refractivity contribution in [3.05, 3.63) is 58.7 Å². The van der Waals surface area contributed by atoms with Gasteiger partial charge in [-0.15, -0.1) is 0 Å². The molecule has 0 saturated carbocycles. The normalized spacial score (nSPS) is 22.0. The van der Waals surface area contributed by atoms with Crippen molar-refractivity contribution in [2.45, 2.75) is 25.6 Å². The third-order valence-electron chi connectivity index (χ3n) is 4.99. The Hall–Kier alpha value is -2.53. The lowest BCUT2D eigenvalue weighted by Crippen LogP contribution is -2.49. The topological polar surface area (TPSA) is 67.6 Å². The number of carbonyl (C=O) groups is 1. The Morgan fingerprint density at radius 1 is 1.29 bits per heavy atom. The molecule has 0 spiro atoms. The van der Waals surface area contributed by atoms with Crippen LogP contribution in [-0.4, -0.2) is 19.6 Å². The monoisotopic (exact) mass is 323 g/mol. The fourth-order valence-corrected chi connectivity index (χ4v) is 3.78. The third-order valence-corrected chi connectivity index (χ3v) is 4.99. The van der Waals surface area contributed by atoms with E-state index in [0.717, 1.165) is 41.1 Å². The fourth-order valence-electron chi connectivity index (χ4n) is 3.78. The van der Waals surface area contributed by atoms with Gasteiger partial charge in [0, 0.05) is 12.6 Å². The van der Waals surface area contributed by atoms with Crippen molar-refractivity contribution in [2.75, 3.05) is 18.6 Å². The Balaban J connectivity index is 1.82. The van der Waals surface area contributed by atoms with E-state index < -0.39 is 0 Å². The molecule has 4 rings (SSSR count). The van der Waals surface area contributed by atoms with E-state index in [4.69, 9.17) is 10.5 Å². The minimum atomic E-state index is -0.178. The first-order chi connectivity index (χ1) is 11.6. The summed E-state index contributed by atoms with van der Waals surface area (Å²) in [6.07, 6.45) is 0.695. The Labute approximate surface area is 141 Å². The molecule has 0 aromatic heterocycles. The lowest BCUT2D eigenvalue weighted by molar-refractivity contribution is 0.0925. The summed E-state index contributed by atoms with van der Waals surface area (Å²) in [5, 5.41) is 3.14. The first-order valence-corrected chi connectivity index (χ1v) is 8.20. The highest BCUT2D eigenvalue weighted by atomic mass is 16.5. The zero-order valence-corrected chi connectivity index (χ0v) is 13.9. The van der Waals surface area contributed by atoms with Crippen LogP contribution in [0.15, 0.2) is 36.4 Å². The molecule has 5 heteroatoms. The summed E-state index contributed by atoms with van der Waals surface area (Å²) in [5.41, 5.74) is 11.1. The fraction of sp³-hybridized carbons (Fsp3) is 0.316. The standard InChI is InChI=1S/C19H21N3O2/c1-11-10-12(6-7-16(11)24-2)18-21-19(23)14-5-3-4-13-15(20)8-9-22(18)17(13)14/h3-7,10,15,18H,8-9,20H2,1-2H3,(H,21,23)/t15-,18+/m0/s1. The van der Waals surface area contributed by atoms with Gasteiger partial charge < -0.3 is 20.7 Å². The summed E-state index contributed by atoms with van der Waals surface area (Å²) in [6.45, 7) is 2.83. The maximum Gasteiger partial charge on any atom is 0.255 e. The van der Waals surface area contributed by atoms with Crippen LogP contribution in [-0.2, 0) is 0 Å². The number of aryl methyl sites for hydroxylation is 1. The summed E-state index contributed by atoms with van der Waals surface area (Å²) in [4.78, 5) is 14.9. The number of hydrogen-bond acceptors (Lipinski definition) is 4. The number of benzene rings is 2. The largest absolute Gasteiger partial charge is 0.496 e. The van der Waals surface area contributed by atoms with Gasteiger partial charge in [-0.2, -0.15) is 0 Å². The predicted octanol–water partition coefficient (Wildman–Crippen LogP) is 2.66. The molecule has 2 aliphatic rings. The number of rotatable bonds is 2. The van der Waals surface area contributed by atoms with Crippen LogP contribution in [0.3, 0.4) is 0 Å². The van der Waals surface area contributed by atoms with Crippen molar-refractivity contribution in [1.29, 1.82) is 0 Å². The minimum Gasteiger partial charge on any atom is -0.496 e. The van der Waals surface area contributed by atoms with Crippen LogP contribution in [0, 0.1) is 6.92 Å². The number of nitrogens with two attached hydrogens (primary N) is 1. The molecule has 5 nitrogen and oxygen atoms in total. The summed E-state index contributed by atoms with van der Waals surface area (Å²) >= 11 is 0. The molecule has 2 aromatic carbocycles. The number of carbonyl (C=O) groups excluding carboxylic acids is 1. The van der Waals surface area contributed by atoms with E-state index >= 15 is 0 Å². The highest BCUT2D eigenvalue weighted by Gasteiger charge is 2.37.